The summed E-state index contributed by atoms with van der Waals surface area (Å²) in [6, 6.07) is 7.13. The van der Waals surface area contributed by atoms with Crippen LogP contribution in [-0.2, 0) is 22.5 Å². The Labute approximate surface area is 191 Å². The number of fused-ring (bicyclic) bond motifs is 1. The van der Waals surface area contributed by atoms with Gasteiger partial charge in [-0.25, -0.2) is 4.79 Å². The molecule has 1 aromatic heterocycles. The third-order valence-electron chi connectivity index (χ3n) is 5.29. The van der Waals surface area contributed by atoms with E-state index in [-0.39, 0.29) is 36.7 Å². The molecule has 9 heteroatoms. The summed E-state index contributed by atoms with van der Waals surface area (Å²) in [5.74, 6) is 0.754. The van der Waals surface area contributed by atoms with E-state index >= 15 is 0 Å². The maximum absolute atomic E-state index is 12.4. The van der Waals surface area contributed by atoms with Gasteiger partial charge in [-0.05, 0) is 37.6 Å². The van der Waals surface area contributed by atoms with Crippen molar-refractivity contribution >= 4 is 35.0 Å². The van der Waals surface area contributed by atoms with Crippen LogP contribution in [0.4, 0.5) is 5.69 Å². The van der Waals surface area contributed by atoms with Gasteiger partial charge in [-0.15, -0.1) is 12.4 Å². The predicted octanol–water partition coefficient (Wildman–Crippen LogP) is 3.88. The highest BCUT2D eigenvalue weighted by atomic mass is 35.5. The number of carbonyl (C=O) groups is 1. The van der Waals surface area contributed by atoms with E-state index in [0.717, 1.165) is 5.69 Å². The van der Waals surface area contributed by atoms with E-state index in [1.165, 1.54) is 7.11 Å². The van der Waals surface area contributed by atoms with Crippen molar-refractivity contribution in [1.82, 2.24) is 0 Å². The second kappa shape index (κ2) is 10.3. The number of halogens is 1. The van der Waals surface area contributed by atoms with E-state index in [9.17, 15) is 14.7 Å². The Morgan fingerprint density at radius 1 is 1.09 bits per heavy atom. The van der Waals surface area contributed by atoms with Crippen molar-refractivity contribution in [2.24, 2.45) is 0 Å². The van der Waals surface area contributed by atoms with Gasteiger partial charge in [-0.3, -0.25) is 4.79 Å². The Hall–Kier alpha value is -3.39. The van der Waals surface area contributed by atoms with Crippen molar-refractivity contribution in [3.8, 4) is 17.2 Å². The highest BCUT2D eigenvalue weighted by molar-refractivity contribution is 5.88. The Balaban J connectivity index is 0.00000363. The molecule has 0 atom stereocenters. The molecule has 0 saturated carbocycles. The molecule has 2 N–H and O–H groups in total. The smallest absolute Gasteiger partial charge is 0.340 e. The summed E-state index contributed by atoms with van der Waals surface area (Å²) in [6.07, 6.45) is -0.183. The van der Waals surface area contributed by atoms with Crippen molar-refractivity contribution in [1.29, 1.82) is 0 Å². The third kappa shape index (κ3) is 4.75. The first kappa shape index (κ1) is 24.9. The summed E-state index contributed by atoms with van der Waals surface area (Å²) in [5, 5.41) is 14.6. The molecule has 0 unspecified atom stereocenters. The minimum atomic E-state index is -0.619. The first-order valence-electron chi connectivity index (χ1n) is 9.61. The molecule has 0 aliphatic carbocycles. The van der Waals surface area contributed by atoms with Crippen LogP contribution in [0.15, 0.2) is 33.5 Å². The minimum Gasteiger partial charge on any atom is -0.507 e. The van der Waals surface area contributed by atoms with Crippen LogP contribution in [0.2, 0.25) is 0 Å². The normalized spacial score (nSPS) is 10.4. The Morgan fingerprint density at radius 3 is 2.44 bits per heavy atom. The molecule has 0 fully saturated rings. The van der Waals surface area contributed by atoms with Crippen LogP contribution in [0.5, 0.6) is 17.2 Å². The van der Waals surface area contributed by atoms with Crippen LogP contribution in [0.25, 0.3) is 11.0 Å². The quantitative estimate of drug-likeness (QED) is 0.401. The molecule has 0 bridgehead atoms. The lowest BCUT2D eigenvalue weighted by Crippen LogP contribution is -2.16. The van der Waals surface area contributed by atoms with Gasteiger partial charge in [0.05, 0.1) is 39.0 Å². The molecular formula is C23H26ClNO7. The van der Waals surface area contributed by atoms with E-state index in [0.29, 0.717) is 39.2 Å². The number of methoxy groups -OCH3 is 3. The topological polar surface area (TPSA) is 107 Å². The highest BCUT2D eigenvalue weighted by Crippen LogP contribution is 2.34. The molecule has 8 nitrogen and oxygen atoms in total. The average Bonchev–Trinajstić information content (AvgIpc) is 2.78. The van der Waals surface area contributed by atoms with Crippen LogP contribution in [0.3, 0.4) is 0 Å². The van der Waals surface area contributed by atoms with Crippen molar-refractivity contribution in [3.05, 3.63) is 56.9 Å². The molecule has 0 aliphatic heterocycles. The average molecular weight is 464 g/mol. The number of esters is 1. The number of nitrogens with one attached hydrogen (secondary N) is 1. The van der Waals surface area contributed by atoms with Crippen molar-refractivity contribution < 1.29 is 28.5 Å². The van der Waals surface area contributed by atoms with Crippen molar-refractivity contribution in [3.63, 3.8) is 0 Å². The molecule has 172 valence electrons. The van der Waals surface area contributed by atoms with Gasteiger partial charge < -0.3 is 29.1 Å². The maximum atomic E-state index is 12.4. The lowest BCUT2D eigenvalue weighted by atomic mass is 9.98. The summed E-state index contributed by atoms with van der Waals surface area (Å²) < 4.78 is 20.7. The first-order chi connectivity index (χ1) is 14.8. The van der Waals surface area contributed by atoms with Crippen LogP contribution in [-0.4, -0.2) is 32.4 Å². The molecule has 1 heterocycles. The van der Waals surface area contributed by atoms with E-state index in [1.807, 2.05) is 6.07 Å². The number of phenols is 1. The number of anilines is 1. The molecule has 0 saturated heterocycles. The summed E-state index contributed by atoms with van der Waals surface area (Å²) in [7, 11) is 4.40. The Kier molecular flexibility index (Phi) is 7.99. The number of aromatic hydroxyl groups is 1. The van der Waals surface area contributed by atoms with Gasteiger partial charge in [0, 0.05) is 29.1 Å². The molecule has 3 aromatic rings. The number of phenolic OH excluding ortho intramolecular Hbond substituents is 1. The van der Waals surface area contributed by atoms with Gasteiger partial charge in [0.2, 0.25) is 0 Å². The number of hydrogen-bond acceptors (Lipinski definition) is 8. The van der Waals surface area contributed by atoms with Crippen LogP contribution >= 0.6 is 12.4 Å². The van der Waals surface area contributed by atoms with Crippen molar-refractivity contribution in [2.75, 3.05) is 26.6 Å². The molecule has 32 heavy (non-hydrogen) atoms. The summed E-state index contributed by atoms with van der Waals surface area (Å²) in [5.41, 5.74) is 2.29. The fourth-order valence-electron chi connectivity index (χ4n) is 3.43. The molecule has 0 aliphatic rings. The monoisotopic (exact) mass is 463 g/mol. The zero-order chi connectivity index (χ0) is 22.7. The molecule has 0 radical (unpaired) electrons. The second-order valence-electron chi connectivity index (χ2n) is 7.05. The number of rotatable bonds is 7. The van der Waals surface area contributed by atoms with Gasteiger partial charge in [0.15, 0.2) is 0 Å². The first-order valence-corrected chi connectivity index (χ1v) is 9.61. The zero-order valence-electron chi connectivity index (χ0n) is 18.5. The van der Waals surface area contributed by atoms with Crippen LogP contribution < -0.4 is 20.4 Å². The number of aryl methyl sites for hydroxylation is 2. The van der Waals surface area contributed by atoms with E-state index in [4.69, 9.17) is 13.9 Å². The van der Waals surface area contributed by atoms with Gasteiger partial charge in [-0.1, -0.05) is 0 Å². The number of ether oxygens (including phenoxy) is 3. The zero-order valence-corrected chi connectivity index (χ0v) is 19.3. The molecular weight excluding hydrogens is 438 g/mol. The van der Waals surface area contributed by atoms with Gasteiger partial charge in [-0.2, -0.15) is 0 Å². The van der Waals surface area contributed by atoms with E-state index in [1.54, 1.807) is 46.3 Å². The van der Waals surface area contributed by atoms with Crippen LogP contribution in [0.1, 0.15) is 22.3 Å². The van der Waals surface area contributed by atoms with Gasteiger partial charge >= 0.3 is 11.6 Å². The molecule has 0 spiro atoms. The summed E-state index contributed by atoms with van der Waals surface area (Å²) in [4.78, 5) is 24.1. The van der Waals surface area contributed by atoms with Gasteiger partial charge in [0.1, 0.15) is 22.8 Å². The van der Waals surface area contributed by atoms with Crippen molar-refractivity contribution in [2.45, 2.75) is 26.8 Å². The number of hydrogen-bond donors (Lipinski definition) is 2. The Morgan fingerprint density at radius 2 is 1.81 bits per heavy atom. The van der Waals surface area contributed by atoms with Gasteiger partial charge in [0.25, 0.3) is 0 Å². The Bertz CT molecular complexity index is 1200. The number of carbonyl (C=O) groups excluding carboxylic acids is 1. The SMILES string of the molecule is COC(=O)Cc1c(C)c2cc(CNc3ccc(OC)cc3OC)c(O)c(C)c2oc1=O.Cl. The molecule has 3 rings (SSSR count). The minimum absolute atomic E-state index is 0. The maximum Gasteiger partial charge on any atom is 0.340 e. The fraction of sp³-hybridized carbons (Fsp3) is 0.304. The lowest BCUT2D eigenvalue weighted by Gasteiger charge is -2.16. The van der Waals surface area contributed by atoms with E-state index in [2.05, 4.69) is 10.1 Å². The third-order valence-corrected chi connectivity index (χ3v) is 5.29. The number of benzene rings is 2. The van der Waals surface area contributed by atoms with Crippen LogP contribution in [0, 0.1) is 13.8 Å². The molecule has 0 amide bonds. The van der Waals surface area contributed by atoms with E-state index < -0.39 is 11.6 Å². The summed E-state index contributed by atoms with van der Waals surface area (Å²) in [6.45, 7) is 3.71. The second-order valence-corrected chi connectivity index (χ2v) is 7.05. The lowest BCUT2D eigenvalue weighted by molar-refractivity contribution is -0.139. The largest absolute Gasteiger partial charge is 0.507 e. The fourth-order valence-corrected chi connectivity index (χ4v) is 3.43. The molecule has 2 aromatic carbocycles. The standard InChI is InChI=1S/C23H25NO7.ClH/c1-12-16-8-14(11-24-18-7-6-15(28-3)9-19(18)29-4)21(26)13(2)22(16)31-23(27)17(12)10-20(25)30-5;/h6-9,24,26H,10-11H2,1-5H3;1H. The summed E-state index contributed by atoms with van der Waals surface area (Å²) >= 11 is 0. The highest BCUT2D eigenvalue weighted by Gasteiger charge is 2.19. The predicted molar refractivity (Wildman–Crippen MR) is 123 cm³/mol.